The van der Waals surface area contributed by atoms with E-state index in [9.17, 15) is 23.3 Å². The third kappa shape index (κ3) is 10.4. The van der Waals surface area contributed by atoms with Gasteiger partial charge in [-0.05, 0) is 116 Å². The molecule has 1 aromatic heterocycles. The number of nitrogens with one attached hydrogen (secondary N) is 3. The van der Waals surface area contributed by atoms with Gasteiger partial charge in [-0.25, -0.2) is 13.1 Å². The van der Waals surface area contributed by atoms with Crippen molar-refractivity contribution in [2.45, 2.75) is 75.8 Å². The summed E-state index contributed by atoms with van der Waals surface area (Å²) in [6, 6.07) is 25.0. The number of allylic oxidation sites excluding steroid dienone is 1. The zero-order valence-electron chi connectivity index (χ0n) is 37.6. The fourth-order valence-corrected chi connectivity index (χ4v) is 11.2. The molecule has 0 spiro atoms. The maximum atomic E-state index is 14.1. The quantitative estimate of drug-likeness (QED) is 0.0762. The number of piperazine rings is 1. The van der Waals surface area contributed by atoms with Gasteiger partial charge in [0.2, 0.25) is 0 Å². The number of fused-ring (bicyclic) bond motifs is 1. The van der Waals surface area contributed by atoms with Gasteiger partial charge in [0.25, 0.3) is 21.6 Å². The van der Waals surface area contributed by atoms with Gasteiger partial charge in [0.05, 0.1) is 28.6 Å². The Morgan fingerprint density at radius 1 is 0.924 bits per heavy atom. The second kappa shape index (κ2) is 19.4. The molecule has 348 valence electrons. The van der Waals surface area contributed by atoms with Gasteiger partial charge in [0.1, 0.15) is 17.2 Å². The van der Waals surface area contributed by atoms with Crippen LogP contribution in [0.5, 0.6) is 11.5 Å². The topological polar surface area (TPSA) is 162 Å². The molecule has 14 nitrogen and oxygen atoms in total. The fourth-order valence-electron chi connectivity index (χ4n) is 10.1. The normalized spacial score (nSPS) is 20.9. The Morgan fingerprint density at radius 3 is 2.42 bits per heavy atom. The number of nitrogens with zero attached hydrogens (tertiary/aromatic N) is 4. The van der Waals surface area contributed by atoms with Gasteiger partial charge >= 0.3 is 0 Å². The van der Waals surface area contributed by atoms with E-state index < -0.39 is 25.7 Å². The highest BCUT2D eigenvalue weighted by atomic mass is 35.5. The minimum atomic E-state index is -4.56. The third-order valence-electron chi connectivity index (χ3n) is 13.8. The number of hydrogen-bond donors (Lipinski definition) is 3. The van der Waals surface area contributed by atoms with E-state index in [-0.39, 0.29) is 34.1 Å². The molecule has 2 saturated heterocycles. The number of H-pyrrole nitrogens is 1. The number of aromatic amines is 1. The molecule has 3 N–H and O–H groups in total. The van der Waals surface area contributed by atoms with Crippen LogP contribution in [0.3, 0.4) is 0 Å². The van der Waals surface area contributed by atoms with E-state index in [0.29, 0.717) is 11.8 Å². The molecule has 3 fully saturated rings. The molecule has 1 amide bonds. The van der Waals surface area contributed by atoms with Gasteiger partial charge in [-0.3, -0.25) is 24.7 Å². The summed E-state index contributed by atoms with van der Waals surface area (Å²) in [6.45, 7) is 12.0. The predicted octanol–water partition coefficient (Wildman–Crippen LogP) is 9.48. The first-order chi connectivity index (χ1) is 31.8. The molecule has 5 aromatic rings. The minimum Gasteiger partial charge on any atom is -0.456 e. The first-order valence-corrected chi connectivity index (χ1v) is 24.9. The maximum absolute atomic E-state index is 14.1. The van der Waals surface area contributed by atoms with Crippen molar-refractivity contribution in [1.29, 1.82) is 0 Å². The van der Waals surface area contributed by atoms with Gasteiger partial charge in [0, 0.05) is 97.8 Å². The van der Waals surface area contributed by atoms with Crippen LogP contribution in [0.2, 0.25) is 5.02 Å². The van der Waals surface area contributed by atoms with Gasteiger partial charge in [0.15, 0.2) is 0 Å². The van der Waals surface area contributed by atoms with Crippen LogP contribution in [0.15, 0.2) is 102 Å². The van der Waals surface area contributed by atoms with Crippen molar-refractivity contribution in [3.05, 3.63) is 123 Å². The van der Waals surface area contributed by atoms with E-state index in [4.69, 9.17) is 21.1 Å². The van der Waals surface area contributed by atoms with E-state index in [1.165, 1.54) is 28.8 Å². The van der Waals surface area contributed by atoms with Gasteiger partial charge in [-0.15, -0.1) is 0 Å². The number of aromatic nitrogens is 1. The molecule has 4 aromatic carbocycles. The molecule has 2 aliphatic carbocycles. The molecule has 0 bridgehead atoms. The number of nitro groups is 1. The molecule has 0 radical (unpaired) electrons. The van der Waals surface area contributed by atoms with Crippen molar-refractivity contribution in [2.75, 3.05) is 69.2 Å². The lowest BCUT2D eigenvalue weighted by Gasteiger charge is -2.39. The number of sulfonamides is 1. The first-order valence-electron chi connectivity index (χ1n) is 23.0. The number of nitro benzene ring substituents is 1. The van der Waals surface area contributed by atoms with Crippen molar-refractivity contribution in [2.24, 2.45) is 5.41 Å². The molecule has 66 heavy (non-hydrogen) atoms. The molecular weight excluding hydrogens is 878 g/mol. The van der Waals surface area contributed by atoms with Gasteiger partial charge in [-0.1, -0.05) is 49.2 Å². The third-order valence-corrected chi connectivity index (χ3v) is 15.4. The highest BCUT2D eigenvalue weighted by Gasteiger charge is 2.32. The van der Waals surface area contributed by atoms with E-state index in [2.05, 4.69) is 55.7 Å². The minimum absolute atomic E-state index is 0.00384. The number of halogens is 1. The zero-order valence-corrected chi connectivity index (χ0v) is 39.1. The Bertz CT molecular complexity index is 2720. The average Bonchev–Trinajstić information content (AvgIpc) is 3.81. The number of anilines is 2. The van der Waals surface area contributed by atoms with Crippen LogP contribution in [-0.2, 0) is 14.8 Å². The average molecular weight is 937 g/mol. The number of ether oxygens (including phenoxy) is 2. The molecule has 0 unspecified atom stereocenters. The summed E-state index contributed by atoms with van der Waals surface area (Å²) >= 11 is 6.26. The van der Waals surface area contributed by atoms with Crippen LogP contribution in [0, 0.1) is 15.5 Å². The van der Waals surface area contributed by atoms with Crippen LogP contribution < -0.4 is 19.7 Å². The Labute approximate surface area is 391 Å². The van der Waals surface area contributed by atoms with Gasteiger partial charge < -0.3 is 24.7 Å². The highest BCUT2D eigenvalue weighted by molar-refractivity contribution is 7.90. The number of amides is 1. The Balaban J connectivity index is 0.910. The number of carbonyl (C=O) groups excluding carboxylic acids is 1. The van der Waals surface area contributed by atoms with E-state index in [1.807, 2.05) is 36.4 Å². The molecule has 16 heteroatoms. The van der Waals surface area contributed by atoms with Crippen molar-refractivity contribution in [3.8, 4) is 11.5 Å². The predicted molar refractivity (Wildman–Crippen MR) is 259 cm³/mol. The number of morpholine rings is 1. The fraction of sp³-hybridized carbons (Fsp3) is 0.420. The zero-order chi connectivity index (χ0) is 46.0. The molecule has 3 heterocycles. The molecular formula is C50H58ClN7O7S. The number of hydrogen-bond acceptors (Lipinski definition) is 11. The largest absolute Gasteiger partial charge is 0.456 e. The van der Waals surface area contributed by atoms with Crippen molar-refractivity contribution < 1.29 is 27.6 Å². The molecule has 1 saturated carbocycles. The van der Waals surface area contributed by atoms with Crippen LogP contribution in [0.4, 0.5) is 17.1 Å². The summed E-state index contributed by atoms with van der Waals surface area (Å²) in [6.07, 6.45) is 8.58. The van der Waals surface area contributed by atoms with Crippen LogP contribution in [0.25, 0.3) is 16.5 Å². The highest BCUT2D eigenvalue weighted by Crippen LogP contribution is 2.44. The summed E-state index contributed by atoms with van der Waals surface area (Å²) in [5.74, 6) is -0.265. The SMILES string of the molecule is CC1(C)CCC(CN2CCN(c3ccc(C(=O)NS(=O)(=O)c4ccc(NC5CCC(N6CCOCC6)CC5)c([N+](=O)[O-])c4)c(Oc4cccc5[nH]ccc45)c3)CC2)=C(c2ccc(Cl)cc2)C1. The lowest BCUT2D eigenvalue weighted by Crippen LogP contribution is -2.47. The summed E-state index contributed by atoms with van der Waals surface area (Å²) in [4.78, 5) is 35.8. The van der Waals surface area contributed by atoms with E-state index >= 15 is 0 Å². The van der Waals surface area contributed by atoms with Gasteiger partial charge in [-0.2, -0.15) is 0 Å². The summed E-state index contributed by atoms with van der Waals surface area (Å²) in [5.41, 5.74) is 5.88. The smallest absolute Gasteiger partial charge is 0.293 e. The Morgan fingerprint density at radius 2 is 1.68 bits per heavy atom. The number of benzene rings is 4. The summed E-state index contributed by atoms with van der Waals surface area (Å²) in [5, 5.41) is 17.2. The van der Waals surface area contributed by atoms with Crippen LogP contribution in [0.1, 0.15) is 74.7 Å². The lowest BCUT2D eigenvalue weighted by atomic mass is 9.72. The van der Waals surface area contributed by atoms with Crippen molar-refractivity contribution >= 4 is 61.1 Å². The monoisotopic (exact) mass is 935 g/mol. The number of rotatable bonds is 13. The standard InChI is InChI=1S/C50H58ClN7O7S/c1-50(2)20-18-35(43(32-50)34-6-8-36(51)9-7-34)33-55-22-24-56(25-23-55)39-14-16-42(48(30-39)65-47-5-3-4-44-41(47)19-21-52-44)49(59)54-66(62,63)40-15-17-45(46(31-40)58(60)61)53-37-10-12-38(13-11-37)57-26-28-64-29-27-57/h3-9,14-17,19,21,30-31,37-38,52-53H,10-13,18,20,22-29,32-33H2,1-2H3,(H,54,59). The van der Waals surface area contributed by atoms with Crippen LogP contribution in [-0.4, -0.2) is 105 Å². The van der Waals surface area contributed by atoms with E-state index in [1.54, 1.807) is 24.4 Å². The Hall–Kier alpha value is -5.45. The number of carbonyl (C=O) groups is 1. The molecule has 2 aliphatic heterocycles. The molecule has 4 aliphatic rings. The van der Waals surface area contributed by atoms with Crippen molar-refractivity contribution in [3.63, 3.8) is 0 Å². The Kier molecular flexibility index (Phi) is 13.4. The van der Waals surface area contributed by atoms with Crippen LogP contribution >= 0.6 is 11.6 Å². The summed E-state index contributed by atoms with van der Waals surface area (Å²) < 4.78 is 41.9. The van der Waals surface area contributed by atoms with E-state index in [0.717, 1.165) is 132 Å². The first kappa shape index (κ1) is 45.7. The lowest BCUT2D eigenvalue weighted by molar-refractivity contribution is -0.384. The van der Waals surface area contributed by atoms with Crippen molar-refractivity contribution in [1.82, 2.24) is 19.5 Å². The maximum Gasteiger partial charge on any atom is 0.293 e. The second-order valence-electron chi connectivity index (χ2n) is 18.8. The molecule has 9 rings (SSSR count). The second-order valence-corrected chi connectivity index (χ2v) is 21.0. The summed E-state index contributed by atoms with van der Waals surface area (Å²) in [7, 11) is -4.56. The molecule has 0 atom stereocenters.